The van der Waals surface area contributed by atoms with Gasteiger partial charge in [0, 0.05) is 18.8 Å². The number of unbranched alkanes of at least 4 members (excludes halogenated alkanes) is 7. The van der Waals surface area contributed by atoms with Crippen molar-refractivity contribution in [3.8, 4) is 0 Å². The van der Waals surface area contributed by atoms with E-state index in [4.69, 9.17) is 0 Å². The Bertz CT molecular complexity index is 450. The van der Waals surface area contributed by atoms with Crippen molar-refractivity contribution in [2.75, 3.05) is 0 Å². The van der Waals surface area contributed by atoms with Crippen LogP contribution in [0.4, 0.5) is 0 Å². The Kier molecular flexibility index (Phi) is 10.3. The second kappa shape index (κ2) is 12.0. The Morgan fingerprint density at radius 3 is 2.00 bits per heavy atom. The molecule has 0 radical (unpaired) electrons. The minimum Gasteiger partial charge on any atom is -0.300 e. The first-order chi connectivity index (χ1) is 11.1. The van der Waals surface area contributed by atoms with Crippen LogP contribution < -0.4 is 0 Å². The lowest BCUT2D eigenvalue weighted by molar-refractivity contribution is -0.124. The Hall–Kier alpha value is -1.44. The quantitative estimate of drug-likeness (QED) is 0.428. The van der Waals surface area contributed by atoms with E-state index in [-0.39, 0.29) is 17.5 Å². The normalized spacial score (nSPS) is 12.1. The molecule has 1 aromatic rings. The molecule has 0 aliphatic rings. The predicted octanol–water partition coefficient (Wildman–Crippen LogP) is 5.85. The van der Waals surface area contributed by atoms with Gasteiger partial charge in [-0.05, 0) is 18.9 Å². The van der Waals surface area contributed by atoms with E-state index in [1.807, 2.05) is 30.3 Å². The highest BCUT2D eigenvalue weighted by Gasteiger charge is 2.21. The zero-order valence-electron chi connectivity index (χ0n) is 14.9. The average molecular weight is 316 g/mol. The summed E-state index contributed by atoms with van der Waals surface area (Å²) in [5, 5.41) is 0. The molecule has 0 aliphatic carbocycles. The molecule has 0 bridgehead atoms. The summed E-state index contributed by atoms with van der Waals surface area (Å²) in [5.41, 5.74) is 0.979. The highest BCUT2D eigenvalue weighted by molar-refractivity contribution is 5.91. The van der Waals surface area contributed by atoms with Crippen LogP contribution in [0.2, 0.25) is 0 Å². The Labute approximate surface area is 141 Å². The van der Waals surface area contributed by atoms with Gasteiger partial charge in [-0.3, -0.25) is 9.59 Å². The molecule has 1 unspecified atom stereocenters. The van der Waals surface area contributed by atoms with Crippen LogP contribution in [0.25, 0.3) is 0 Å². The summed E-state index contributed by atoms with van der Waals surface area (Å²) in [6.45, 7) is 3.80. The van der Waals surface area contributed by atoms with E-state index in [1.165, 1.54) is 38.5 Å². The first kappa shape index (κ1) is 19.6. The third kappa shape index (κ3) is 8.68. The van der Waals surface area contributed by atoms with Gasteiger partial charge in [-0.15, -0.1) is 0 Å². The molecule has 2 nitrogen and oxygen atoms in total. The van der Waals surface area contributed by atoms with Gasteiger partial charge in [0.25, 0.3) is 0 Å². The maximum Gasteiger partial charge on any atom is 0.140 e. The third-order valence-corrected chi connectivity index (χ3v) is 4.36. The molecule has 0 spiro atoms. The summed E-state index contributed by atoms with van der Waals surface area (Å²) in [6.07, 6.45) is 10.8. The molecule has 128 valence electrons. The van der Waals surface area contributed by atoms with Crippen LogP contribution in [-0.2, 0) is 9.59 Å². The van der Waals surface area contributed by atoms with Crippen LogP contribution in [0.5, 0.6) is 0 Å². The van der Waals surface area contributed by atoms with Crippen molar-refractivity contribution >= 4 is 11.6 Å². The topological polar surface area (TPSA) is 34.1 Å². The second-order valence-corrected chi connectivity index (χ2v) is 6.56. The van der Waals surface area contributed by atoms with Crippen molar-refractivity contribution in [2.45, 2.75) is 84.0 Å². The van der Waals surface area contributed by atoms with Gasteiger partial charge in [0.05, 0.1) is 0 Å². The molecule has 23 heavy (non-hydrogen) atoms. The zero-order valence-corrected chi connectivity index (χ0v) is 14.9. The fraction of sp³-hybridized carbons (Fsp3) is 0.619. The van der Waals surface area contributed by atoms with Crippen LogP contribution in [0.1, 0.15) is 89.5 Å². The van der Waals surface area contributed by atoms with Crippen LogP contribution in [0, 0.1) is 0 Å². The first-order valence-corrected chi connectivity index (χ1v) is 9.22. The minimum atomic E-state index is -0.252. The number of benzene rings is 1. The van der Waals surface area contributed by atoms with E-state index in [0.29, 0.717) is 12.8 Å². The van der Waals surface area contributed by atoms with E-state index in [0.717, 1.165) is 18.4 Å². The van der Waals surface area contributed by atoms with E-state index in [2.05, 4.69) is 6.92 Å². The van der Waals surface area contributed by atoms with E-state index < -0.39 is 0 Å². The lowest BCUT2D eigenvalue weighted by atomic mass is 9.88. The summed E-state index contributed by atoms with van der Waals surface area (Å²) in [5.74, 6) is 0.0544. The predicted molar refractivity (Wildman–Crippen MR) is 96.7 cm³/mol. The number of carbonyl (C=O) groups is 2. The molecule has 0 saturated heterocycles. The monoisotopic (exact) mass is 316 g/mol. The molecule has 0 fully saturated rings. The lowest BCUT2D eigenvalue weighted by Crippen LogP contribution is -2.15. The fourth-order valence-corrected chi connectivity index (χ4v) is 3.00. The smallest absolute Gasteiger partial charge is 0.140 e. The number of hydrogen-bond acceptors (Lipinski definition) is 2. The van der Waals surface area contributed by atoms with Gasteiger partial charge in [-0.1, -0.05) is 82.2 Å². The third-order valence-electron chi connectivity index (χ3n) is 4.36. The molecule has 1 rings (SSSR count). The van der Waals surface area contributed by atoms with Gasteiger partial charge in [-0.25, -0.2) is 0 Å². The van der Waals surface area contributed by atoms with Crippen LogP contribution in [-0.4, -0.2) is 11.6 Å². The van der Waals surface area contributed by atoms with E-state index >= 15 is 0 Å². The summed E-state index contributed by atoms with van der Waals surface area (Å²) in [4.78, 5) is 24.0. The van der Waals surface area contributed by atoms with Crippen molar-refractivity contribution in [1.29, 1.82) is 0 Å². The van der Waals surface area contributed by atoms with Gasteiger partial charge in [0.1, 0.15) is 11.6 Å². The van der Waals surface area contributed by atoms with Crippen molar-refractivity contribution in [3.05, 3.63) is 35.9 Å². The van der Waals surface area contributed by atoms with E-state index in [9.17, 15) is 9.59 Å². The summed E-state index contributed by atoms with van der Waals surface area (Å²) in [7, 11) is 0. The number of ketones is 2. The van der Waals surface area contributed by atoms with Gasteiger partial charge >= 0.3 is 0 Å². The molecular weight excluding hydrogens is 284 g/mol. The molecular formula is C21H32O2. The maximum atomic E-state index is 12.5. The first-order valence-electron chi connectivity index (χ1n) is 9.22. The maximum absolute atomic E-state index is 12.5. The largest absolute Gasteiger partial charge is 0.300 e. The highest BCUT2D eigenvalue weighted by Crippen LogP contribution is 2.23. The molecule has 0 aromatic heterocycles. The number of rotatable bonds is 13. The molecule has 0 saturated carbocycles. The number of carbonyl (C=O) groups excluding carboxylic acids is 2. The van der Waals surface area contributed by atoms with Crippen molar-refractivity contribution in [2.24, 2.45) is 0 Å². The molecule has 1 atom stereocenters. The fourth-order valence-electron chi connectivity index (χ4n) is 3.00. The van der Waals surface area contributed by atoms with Gasteiger partial charge in [0.15, 0.2) is 0 Å². The minimum absolute atomic E-state index is 0.0862. The molecule has 0 amide bonds. The lowest BCUT2D eigenvalue weighted by Gasteiger charge is -2.15. The molecule has 1 aromatic carbocycles. The van der Waals surface area contributed by atoms with E-state index in [1.54, 1.807) is 6.92 Å². The van der Waals surface area contributed by atoms with Crippen LogP contribution in [0.15, 0.2) is 30.3 Å². The van der Waals surface area contributed by atoms with Crippen molar-refractivity contribution in [1.82, 2.24) is 0 Å². The number of hydrogen-bond donors (Lipinski definition) is 0. The summed E-state index contributed by atoms with van der Waals surface area (Å²) < 4.78 is 0. The van der Waals surface area contributed by atoms with Crippen LogP contribution >= 0.6 is 0 Å². The standard InChI is InChI=1S/C21H32O2/c1-3-4-5-6-7-8-9-13-16-21(23)20(17-18(2)22)19-14-11-10-12-15-19/h10-12,14-15,20H,3-9,13,16-17H2,1-2H3. The Morgan fingerprint density at radius 1 is 0.870 bits per heavy atom. The van der Waals surface area contributed by atoms with Gasteiger partial charge < -0.3 is 0 Å². The average Bonchev–Trinajstić information content (AvgIpc) is 2.55. The molecule has 0 N–H and O–H groups in total. The SMILES string of the molecule is CCCCCCCCCCC(=O)C(CC(C)=O)c1ccccc1. The summed E-state index contributed by atoms with van der Waals surface area (Å²) in [6, 6.07) is 9.73. The zero-order chi connectivity index (χ0) is 16.9. The highest BCUT2D eigenvalue weighted by atomic mass is 16.1. The molecule has 0 heterocycles. The van der Waals surface area contributed by atoms with Crippen molar-refractivity contribution in [3.63, 3.8) is 0 Å². The Balaban J connectivity index is 2.33. The number of Topliss-reactive ketones (excluding diaryl/α,β-unsaturated/α-hetero) is 2. The second-order valence-electron chi connectivity index (χ2n) is 6.56. The van der Waals surface area contributed by atoms with Crippen LogP contribution in [0.3, 0.4) is 0 Å². The van der Waals surface area contributed by atoms with Gasteiger partial charge in [-0.2, -0.15) is 0 Å². The van der Waals surface area contributed by atoms with Crippen molar-refractivity contribution < 1.29 is 9.59 Å². The Morgan fingerprint density at radius 2 is 1.43 bits per heavy atom. The van der Waals surface area contributed by atoms with Gasteiger partial charge in [0.2, 0.25) is 0 Å². The summed E-state index contributed by atoms with van der Waals surface area (Å²) >= 11 is 0. The molecule has 0 aliphatic heterocycles. The molecule has 2 heteroatoms.